The normalized spacial score (nSPS) is 18.8. The molecule has 3 aromatic heterocycles. The number of hydrogen-bond acceptors (Lipinski definition) is 6. The molecule has 9 heteroatoms. The number of likely N-dealkylation sites (N-methyl/N-ethyl adjacent to an activating group) is 1. The molecule has 0 aliphatic carbocycles. The fraction of sp³-hybridized carbons (Fsp3) is 0.233. The molecule has 0 spiro atoms. The fourth-order valence-corrected chi connectivity index (χ4v) is 6.26. The van der Waals surface area contributed by atoms with Crippen molar-refractivity contribution in [3.63, 3.8) is 0 Å². The molecular formula is C30H26ClFN6O. The van der Waals surface area contributed by atoms with E-state index in [2.05, 4.69) is 21.8 Å². The van der Waals surface area contributed by atoms with Crippen molar-refractivity contribution in [2.24, 2.45) is 0 Å². The Bertz CT molecular complexity index is 1710. The molecule has 2 aliphatic rings. The molecule has 0 radical (unpaired) electrons. The SMILES string of the molecule is COc1cc(-c2c(-c3ccncc3)nn3c(-c4ccc(F)cc4N4CC5CC4CN5C)ccnc23)ccc1Cl. The highest BCUT2D eigenvalue weighted by atomic mass is 35.5. The van der Waals surface area contributed by atoms with Gasteiger partial charge >= 0.3 is 0 Å². The first-order chi connectivity index (χ1) is 19.0. The molecular weight excluding hydrogens is 515 g/mol. The second kappa shape index (κ2) is 9.32. The Kier molecular flexibility index (Phi) is 5.75. The highest BCUT2D eigenvalue weighted by molar-refractivity contribution is 6.32. The van der Waals surface area contributed by atoms with Crippen LogP contribution in [0, 0.1) is 5.82 Å². The molecule has 5 aromatic rings. The highest BCUT2D eigenvalue weighted by Crippen LogP contribution is 2.42. The number of anilines is 1. The summed E-state index contributed by atoms with van der Waals surface area (Å²) < 4.78 is 22.0. The van der Waals surface area contributed by atoms with Crippen molar-refractivity contribution in [3.05, 3.63) is 84.0 Å². The molecule has 2 unspecified atom stereocenters. The lowest BCUT2D eigenvalue weighted by Gasteiger charge is -2.34. The molecule has 7 nitrogen and oxygen atoms in total. The Hall–Kier alpha value is -4.01. The molecule has 39 heavy (non-hydrogen) atoms. The number of benzene rings is 2. The van der Waals surface area contributed by atoms with E-state index in [1.54, 1.807) is 31.8 Å². The smallest absolute Gasteiger partial charge is 0.164 e. The van der Waals surface area contributed by atoms with Crippen LogP contribution in [0.2, 0.25) is 5.02 Å². The van der Waals surface area contributed by atoms with Crippen LogP contribution in [0.1, 0.15) is 6.42 Å². The molecule has 2 atom stereocenters. The Morgan fingerprint density at radius 1 is 0.949 bits per heavy atom. The molecule has 2 bridgehead atoms. The fourth-order valence-electron chi connectivity index (χ4n) is 6.06. The van der Waals surface area contributed by atoms with E-state index in [-0.39, 0.29) is 5.82 Å². The van der Waals surface area contributed by atoms with Crippen LogP contribution < -0.4 is 9.64 Å². The van der Waals surface area contributed by atoms with Crippen LogP contribution in [0.3, 0.4) is 0 Å². The first-order valence-corrected chi connectivity index (χ1v) is 13.3. The zero-order chi connectivity index (χ0) is 26.7. The number of fused-ring (bicyclic) bond motifs is 3. The number of aromatic nitrogens is 4. The van der Waals surface area contributed by atoms with Crippen molar-refractivity contribution in [1.82, 2.24) is 24.5 Å². The van der Waals surface area contributed by atoms with E-state index < -0.39 is 0 Å². The lowest BCUT2D eigenvalue weighted by atomic mass is 10.0. The van der Waals surface area contributed by atoms with Crippen molar-refractivity contribution in [2.75, 3.05) is 32.1 Å². The van der Waals surface area contributed by atoms with Crippen molar-refractivity contribution in [2.45, 2.75) is 18.5 Å². The molecule has 2 aliphatic heterocycles. The third kappa shape index (κ3) is 3.94. The summed E-state index contributed by atoms with van der Waals surface area (Å²) in [6.07, 6.45) is 6.37. The standard InChI is InChI=1S/C30H26ClFN6O/c1-36-16-22-15-21(36)17-37(22)26-14-20(32)4-5-23(26)25-9-12-34-30-28(19-3-6-24(31)27(13-19)39-2)29(35-38(25)30)18-7-10-33-11-8-18/h3-14,21-22H,15-17H2,1-2H3. The van der Waals surface area contributed by atoms with Gasteiger partial charge in [0, 0.05) is 60.6 Å². The topological polar surface area (TPSA) is 58.8 Å². The summed E-state index contributed by atoms with van der Waals surface area (Å²) in [6, 6.07) is 17.3. The predicted molar refractivity (Wildman–Crippen MR) is 151 cm³/mol. The maximum absolute atomic E-state index is 14.7. The minimum Gasteiger partial charge on any atom is -0.495 e. The predicted octanol–water partition coefficient (Wildman–Crippen LogP) is 5.82. The average Bonchev–Trinajstić information content (AvgIpc) is 3.66. The van der Waals surface area contributed by atoms with Crippen LogP contribution in [0.5, 0.6) is 5.75 Å². The van der Waals surface area contributed by atoms with Gasteiger partial charge in [0.2, 0.25) is 0 Å². The third-order valence-electron chi connectivity index (χ3n) is 7.97. The average molecular weight is 541 g/mol. The van der Waals surface area contributed by atoms with Gasteiger partial charge in [-0.2, -0.15) is 5.10 Å². The van der Waals surface area contributed by atoms with Gasteiger partial charge in [-0.15, -0.1) is 0 Å². The summed E-state index contributed by atoms with van der Waals surface area (Å²) in [4.78, 5) is 13.7. The number of methoxy groups -OCH3 is 1. The van der Waals surface area contributed by atoms with Crippen molar-refractivity contribution in [1.29, 1.82) is 0 Å². The molecule has 0 N–H and O–H groups in total. The molecule has 0 saturated carbocycles. The highest BCUT2D eigenvalue weighted by Gasteiger charge is 2.42. The van der Waals surface area contributed by atoms with Crippen LogP contribution in [0.15, 0.2) is 73.2 Å². The Morgan fingerprint density at radius 3 is 2.54 bits per heavy atom. The second-order valence-corrected chi connectivity index (χ2v) is 10.6. The van der Waals surface area contributed by atoms with Crippen molar-refractivity contribution in [3.8, 4) is 39.4 Å². The minimum atomic E-state index is -0.248. The Labute approximate surface area is 230 Å². The van der Waals surface area contributed by atoms with E-state index in [4.69, 9.17) is 26.4 Å². The van der Waals surface area contributed by atoms with Crippen LogP contribution in [-0.4, -0.2) is 63.8 Å². The second-order valence-electron chi connectivity index (χ2n) is 10.2. The van der Waals surface area contributed by atoms with Crippen LogP contribution >= 0.6 is 11.6 Å². The summed E-state index contributed by atoms with van der Waals surface area (Å²) >= 11 is 6.36. The number of likely N-dealkylation sites (tertiary alicyclic amines) is 1. The molecule has 2 saturated heterocycles. The quantitative estimate of drug-likeness (QED) is 0.280. The maximum atomic E-state index is 14.7. The summed E-state index contributed by atoms with van der Waals surface area (Å²) in [6.45, 7) is 1.85. The Morgan fingerprint density at radius 2 is 1.79 bits per heavy atom. The largest absolute Gasteiger partial charge is 0.495 e. The summed E-state index contributed by atoms with van der Waals surface area (Å²) in [7, 11) is 3.76. The summed E-state index contributed by atoms with van der Waals surface area (Å²) in [5.41, 5.74) is 6.72. The number of piperazine rings is 1. The van der Waals surface area contributed by atoms with E-state index in [0.29, 0.717) is 28.5 Å². The monoisotopic (exact) mass is 540 g/mol. The van der Waals surface area contributed by atoms with Gasteiger partial charge in [-0.3, -0.25) is 9.88 Å². The third-order valence-corrected chi connectivity index (χ3v) is 8.28. The number of halogens is 2. The van der Waals surface area contributed by atoms with Crippen LogP contribution in [-0.2, 0) is 0 Å². The van der Waals surface area contributed by atoms with Crippen molar-refractivity contribution < 1.29 is 9.13 Å². The number of ether oxygens (including phenoxy) is 1. The lowest BCUT2D eigenvalue weighted by Crippen LogP contribution is -2.44. The van der Waals surface area contributed by atoms with Crippen LogP contribution in [0.25, 0.3) is 39.3 Å². The van der Waals surface area contributed by atoms with Gasteiger partial charge in [-0.05, 0) is 67.6 Å². The first kappa shape index (κ1) is 24.1. The van der Waals surface area contributed by atoms with Gasteiger partial charge in [0.15, 0.2) is 5.65 Å². The Balaban J connectivity index is 1.46. The number of hydrogen-bond donors (Lipinski definition) is 0. The van der Waals surface area contributed by atoms with Gasteiger partial charge in [0.1, 0.15) is 17.3 Å². The van der Waals surface area contributed by atoms with Gasteiger partial charge in [0.25, 0.3) is 0 Å². The number of pyridine rings is 1. The van der Waals surface area contributed by atoms with Crippen LogP contribution in [0.4, 0.5) is 10.1 Å². The molecule has 2 fully saturated rings. The molecule has 7 rings (SSSR count). The van der Waals surface area contributed by atoms with Gasteiger partial charge in [0.05, 0.1) is 23.4 Å². The number of nitrogens with zero attached hydrogens (tertiary/aromatic N) is 6. The van der Waals surface area contributed by atoms with Crippen molar-refractivity contribution >= 4 is 22.9 Å². The maximum Gasteiger partial charge on any atom is 0.164 e. The zero-order valence-electron chi connectivity index (χ0n) is 21.6. The molecule has 2 aromatic carbocycles. The van der Waals surface area contributed by atoms with Gasteiger partial charge in [-0.25, -0.2) is 13.9 Å². The zero-order valence-corrected chi connectivity index (χ0v) is 22.3. The van der Waals surface area contributed by atoms with E-state index in [1.807, 2.05) is 47.0 Å². The first-order valence-electron chi connectivity index (χ1n) is 12.9. The molecule has 5 heterocycles. The lowest BCUT2D eigenvalue weighted by molar-refractivity contribution is 0.292. The minimum absolute atomic E-state index is 0.248. The van der Waals surface area contributed by atoms with E-state index >= 15 is 0 Å². The van der Waals surface area contributed by atoms with Gasteiger partial charge in [-0.1, -0.05) is 17.7 Å². The number of rotatable bonds is 5. The van der Waals surface area contributed by atoms with E-state index in [0.717, 1.165) is 58.8 Å². The van der Waals surface area contributed by atoms with E-state index in [9.17, 15) is 4.39 Å². The molecule has 0 amide bonds. The van der Waals surface area contributed by atoms with E-state index in [1.165, 1.54) is 6.07 Å². The van der Waals surface area contributed by atoms with Gasteiger partial charge < -0.3 is 9.64 Å². The summed E-state index contributed by atoms with van der Waals surface area (Å²) in [5, 5.41) is 5.62. The summed E-state index contributed by atoms with van der Waals surface area (Å²) in [5.74, 6) is 0.322. The molecule has 196 valence electrons.